The van der Waals surface area contributed by atoms with E-state index in [0.29, 0.717) is 23.3 Å². The molecule has 0 spiro atoms. The minimum Gasteiger partial charge on any atom is -0.369 e. The molecule has 0 aliphatic carbocycles. The van der Waals surface area contributed by atoms with Crippen LogP contribution in [0.4, 0.5) is 14.5 Å². The molecule has 0 aliphatic heterocycles. The van der Waals surface area contributed by atoms with Gasteiger partial charge in [0.15, 0.2) is 0 Å². The Bertz CT molecular complexity index is 636. The summed E-state index contributed by atoms with van der Waals surface area (Å²) in [6, 6.07) is 8.78. The number of hydrogen-bond donors (Lipinski definition) is 2. The highest BCUT2D eigenvalue weighted by molar-refractivity contribution is 7.18. The molecule has 20 heavy (non-hydrogen) atoms. The average Bonchev–Trinajstić information content (AvgIpc) is 2.46. The van der Waals surface area contributed by atoms with Crippen LogP contribution in [0.15, 0.2) is 36.4 Å². The summed E-state index contributed by atoms with van der Waals surface area (Å²) in [4.78, 5) is 0. The summed E-state index contributed by atoms with van der Waals surface area (Å²) in [7, 11) is 2.36. The number of benzene rings is 2. The molecule has 0 radical (unpaired) electrons. The number of halogens is 2. The Morgan fingerprint density at radius 1 is 1.20 bits per heavy atom. The quantitative estimate of drug-likeness (QED) is 0.626. The van der Waals surface area contributed by atoms with Gasteiger partial charge in [0, 0.05) is 17.0 Å². The van der Waals surface area contributed by atoms with Crippen molar-refractivity contribution < 1.29 is 8.78 Å². The summed E-state index contributed by atoms with van der Waals surface area (Å²) in [5.74, 6) is -1.21. The van der Waals surface area contributed by atoms with Gasteiger partial charge in [0.25, 0.3) is 0 Å². The van der Waals surface area contributed by atoms with E-state index in [1.54, 1.807) is 18.2 Å². The maximum absolute atomic E-state index is 13.8. The van der Waals surface area contributed by atoms with Crippen LogP contribution in [0.3, 0.4) is 0 Å². The maximum atomic E-state index is 13.8. The SMILES string of the molecule is CCC(=N)c1cc(-c2c(F)cccc2F)ccc1NP. The Morgan fingerprint density at radius 3 is 2.40 bits per heavy atom. The summed E-state index contributed by atoms with van der Waals surface area (Å²) in [6.45, 7) is 1.87. The van der Waals surface area contributed by atoms with Gasteiger partial charge in [-0.05, 0) is 45.6 Å². The third-order valence-electron chi connectivity index (χ3n) is 3.11. The topological polar surface area (TPSA) is 35.9 Å². The van der Waals surface area contributed by atoms with E-state index >= 15 is 0 Å². The van der Waals surface area contributed by atoms with Crippen molar-refractivity contribution in [3.8, 4) is 11.1 Å². The van der Waals surface area contributed by atoms with Gasteiger partial charge in [0.05, 0.1) is 5.56 Å². The van der Waals surface area contributed by atoms with Crippen molar-refractivity contribution in [2.24, 2.45) is 0 Å². The molecule has 0 bridgehead atoms. The predicted octanol–water partition coefficient (Wildman–Crippen LogP) is 4.61. The van der Waals surface area contributed by atoms with Crippen molar-refractivity contribution >= 4 is 20.8 Å². The van der Waals surface area contributed by atoms with Crippen LogP contribution in [-0.2, 0) is 0 Å². The fourth-order valence-corrected chi connectivity index (χ4v) is 2.29. The molecule has 0 aromatic heterocycles. The molecule has 0 aliphatic rings. The van der Waals surface area contributed by atoms with Gasteiger partial charge in [-0.15, -0.1) is 0 Å². The first-order valence-electron chi connectivity index (χ1n) is 6.21. The Labute approximate surface area is 119 Å². The number of rotatable bonds is 4. The third kappa shape index (κ3) is 2.70. The number of nitrogens with one attached hydrogen (secondary N) is 2. The summed E-state index contributed by atoms with van der Waals surface area (Å²) in [6.07, 6.45) is 0.544. The van der Waals surface area contributed by atoms with E-state index in [4.69, 9.17) is 5.41 Å². The van der Waals surface area contributed by atoms with Gasteiger partial charge in [-0.3, -0.25) is 0 Å². The first kappa shape index (κ1) is 14.6. The Balaban J connectivity index is 2.62. The molecule has 0 heterocycles. The molecule has 0 amide bonds. The zero-order valence-electron chi connectivity index (χ0n) is 11.0. The van der Waals surface area contributed by atoms with Crippen LogP contribution >= 0.6 is 9.39 Å². The first-order chi connectivity index (χ1) is 9.58. The second-order valence-electron chi connectivity index (χ2n) is 4.33. The lowest BCUT2D eigenvalue weighted by molar-refractivity contribution is 0.589. The largest absolute Gasteiger partial charge is 0.369 e. The summed E-state index contributed by atoms with van der Waals surface area (Å²) in [5.41, 5.74) is 2.16. The van der Waals surface area contributed by atoms with Crippen molar-refractivity contribution in [2.45, 2.75) is 13.3 Å². The van der Waals surface area contributed by atoms with Crippen LogP contribution in [0, 0.1) is 17.0 Å². The van der Waals surface area contributed by atoms with Gasteiger partial charge in [-0.25, -0.2) is 8.78 Å². The highest BCUT2D eigenvalue weighted by Gasteiger charge is 2.14. The zero-order valence-corrected chi connectivity index (χ0v) is 12.2. The zero-order chi connectivity index (χ0) is 14.7. The van der Waals surface area contributed by atoms with E-state index in [1.807, 2.05) is 6.92 Å². The lowest BCUT2D eigenvalue weighted by Gasteiger charge is -2.12. The molecule has 0 saturated carbocycles. The molecule has 1 atom stereocenters. The molecule has 0 fully saturated rings. The van der Waals surface area contributed by atoms with Crippen LogP contribution in [0.5, 0.6) is 0 Å². The highest BCUT2D eigenvalue weighted by atomic mass is 31.0. The van der Waals surface area contributed by atoms with Crippen molar-refractivity contribution in [3.63, 3.8) is 0 Å². The van der Waals surface area contributed by atoms with Gasteiger partial charge in [0.1, 0.15) is 11.6 Å². The fraction of sp³-hybridized carbons (Fsp3) is 0.133. The monoisotopic (exact) mass is 292 g/mol. The fourth-order valence-electron chi connectivity index (χ4n) is 2.04. The molecule has 0 saturated heterocycles. The normalized spacial score (nSPS) is 10.4. The van der Waals surface area contributed by atoms with Gasteiger partial charge in [-0.2, -0.15) is 0 Å². The van der Waals surface area contributed by atoms with E-state index < -0.39 is 11.6 Å². The smallest absolute Gasteiger partial charge is 0.133 e. The summed E-state index contributed by atoms with van der Waals surface area (Å²) < 4.78 is 27.6. The van der Waals surface area contributed by atoms with E-state index in [1.165, 1.54) is 18.2 Å². The molecular weight excluding hydrogens is 277 g/mol. The molecule has 2 aromatic rings. The molecule has 104 valence electrons. The maximum Gasteiger partial charge on any atom is 0.133 e. The van der Waals surface area contributed by atoms with Crippen molar-refractivity contribution in [3.05, 3.63) is 53.6 Å². The van der Waals surface area contributed by atoms with Crippen LogP contribution < -0.4 is 5.09 Å². The second-order valence-corrected chi connectivity index (χ2v) is 4.62. The lowest BCUT2D eigenvalue weighted by atomic mass is 9.98. The Kier molecular flexibility index (Phi) is 4.46. The van der Waals surface area contributed by atoms with Crippen LogP contribution in [0.2, 0.25) is 0 Å². The molecular formula is C15H15F2N2P. The number of hydrogen-bond acceptors (Lipinski definition) is 2. The first-order valence-corrected chi connectivity index (χ1v) is 6.79. The number of anilines is 1. The second kappa shape index (κ2) is 6.10. The Morgan fingerprint density at radius 2 is 1.85 bits per heavy atom. The average molecular weight is 292 g/mol. The van der Waals surface area contributed by atoms with Crippen molar-refractivity contribution in [2.75, 3.05) is 5.09 Å². The molecule has 2 rings (SSSR count). The highest BCUT2D eigenvalue weighted by Crippen LogP contribution is 2.30. The van der Waals surface area contributed by atoms with E-state index in [0.717, 1.165) is 5.69 Å². The van der Waals surface area contributed by atoms with Gasteiger partial charge >= 0.3 is 0 Å². The summed E-state index contributed by atoms with van der Waals surface area (Å²) >= 11 is 0. The molecule has 1 unspecified atom stereocenters. The van der Waals surface area contributed by atoms with E-state index in [-0.39, 0.29) is 5.56 Å². The third-order valence-corrected chi connectivity index (χ3v) is 3.42. The Hall–Kier alpha value is -1.80. The van der Waals surface area contributed by atoms with Crippen molar-refractivity contribution in [1.82, 2.24) is 0 Å². The summed E-state index contributed by atoms with van der Waals surface area (Å²) in [5, 5.41) is 10.9. The van der Waals surface area contributed by atoms with Crippen molar-refractivity contribution in [1.29, 1.82) is 5.41 Å². The minimum atomic E-state index is -0.606. The molecule has 5 heteroatoms. The lowest BCUT2D eigenvalue weighted by Crippen LogP contribution is -2.01. The van der Waals surface area contributed by atoms with Gasteiger partial charge in [0.2, 0.25) is 0 Å². The minimum absolute atomic E-state index is 0.0621. The van der Waals surface area contributed by atoms with Gasteiger partial charge in [-0.1, -0.05) is 19.1 Å². The standard InChI is InChI=1S/C15H15F2N2P/c1-2-13(18)10-8-9(6-7-14(10)19-20)15-11(16)4-3-5-12(15)17/h3-8,18-19H,2,20H2,1H3. The molecule has 2 nitrogen and oxygen atoms in total. The molecule has 2 N–H and O–H groups in total. The van der Waals surface area contributed by atoms with Crippen LogP contribution in [-0.4, -0.2) is 5.71 Å². The van der Waals surface area contributed by atoms with Crippen LogP contribution in [0.1, 0.15) is 18.9 Å². The van der Waals surface area contributed by atoms with E-state index in [9.17, 15) is 8.78 Å². The predicted molar refractivity (Wildman–Crippen MR) is 82.2 cm³/mol. The molecule has 2 aromatic carbocycles. The van der Waals surface area contributed by atoms with E-state index in [2.05, 4.69) is 14.5 Å². The van der Waals surface area contributed by atoms with Gasteiger partial charge < -0.3 is 10.5 Å². The van der Waals surface area contributed by atoms with Crippen LogP contribution in [0.25, 0.3) is 11.1 Å².